The molecule has 0 bridgehead atoms. The molecule has 3 N–H and O–H groups in total. The first kappa shape index (κ1) is 17.3. The number of hydrogen-bond acceptors (Lipinski definition) is 3. The molecule has 1 aromatic carbocycles. The van der Waals surface area contributed by atoms with E-state index in [1.807, 2.05) is 12.1 Å². The van der Waals surface area contributed by atoms with Crippen LogP contribution >= 0.6 is 15.9 Å². The molecule has 0 aromatic heterocycles. The van der Waals surface area contributed by atoms with Crippen molar-refractivity contribution >= 4 is 27.9 Å². The summed E-state index contributed by atoms with van der Waals surface area (Å²) in [7, 11) is 1.57. The third-order valence-electron chi connectivity index (χ3n) is 3.24. The molecule has 0 spiro atoms. The lowest BCUT2D eigenvalue weighted by molar-refractivity contribution is -0.143. The summed E-state index contributed by atoms with van der Waals surface area (Å²) >= 11 is 3.36. The van der Waals surface area contributed by atoms with Gasteiger partial charge < -0.3 is 20.5 Å². The molecule has 0 aliphatic heterocycles. The smallest absolute Gasteiger partial charge is 0.329 e. The van der Waals surface area contributed by atoms with Crippen molar-refractivity contribution in [2.24, 2.45) is 0 Å². The van der Waals surface area contributed by atoms with Gasteiger partial charge >= 0.3 is 12.0 Å². The van der Waals surface area contributed by atoms with Crippen LogP contribution in [-0.2, 0) is 11.3 Å². The van der Waals surface area contributed by atoms with Crippen LogP contribution in [0.15, 0.2) is 22.7 Å². The first-order valence-electron chi connectivity index (χ1n) is 6.44. The second-order valence-corrected chi connectivity index (χ2v) is 5.62. The summed E-state index contributed by atoms with van der Waals surface area (Å²) in [6, 6.07) is 4.91. The van der Waals surface area contributed by atoms with Crippen LogP contribution in [-0.4, -0.2) is 29.8 Å². The fourth-order valence-corrected chi connectivity index (χ4v) is 2.18. The maximum absolute atomic E-state index is 11.8. The van der Waals surface area contributed by atoms with Gasteiger partial charge in [-0.15, -0.1) is 0 Å². The summed E-state index contributed by atoms with van der Waals surface area (Å²) in [5, 5.41) is 14.2. The highest BCUT2D eigenvalue weighted by atomic mass is 79.9. The van der Waals surface area contributed by atoms with Crippen LogP contribution < -0.4 is 15.4 Å². The number of rotatable bonds is 6. The Balaban J connectivity index is 2.61. The standard InChI is InChI=1S/C14H19BrN2O4/c1-4-14(2,12(18)19)17-13(20)16-8-9-5-6-11(21-3)10(15)7-9/h5-7H,4,8H2,1-3H3,(H,18,19)(H2,16,17,20). The number of amides is 2. The van der Waals surface area contributed by atoms with E-state index in [0.717, 1.165) is 10.0 Å². The molecule has 1 atom stereocenters. The lowest BCUT2D eigenvalue weighted by atomic mass is 10.00. The quantitative estimate of drug-likeness (QED) is 0.728. The lowest BCUT2D eigenvalue weighted by Gasteiger charge is -2.24. The van der Waals surface area contributed by atoms with Crippen molar-refractivity contribution in [3.05, 3.63) is 28.2 Å². The van der Waals surface area contributed by atoms with E-state index >= 15 is 0 Å². The number of carboxylic acids is 1. The highest BCUT2D eigenvalue weighted by Crippen LogP contribution is 2.25. The molecule has 0 aliphatic rings. The molecule has 0 radical (unpaired) electrons. The molecule has 21 heavy (non-hydrogen) atoms. The molecule has 0 fully saturated rings. The fourth-order valence-electron chi connectivity index (χ4n) is 1.59. The minimum Gasteiger partial charge on any atom is -0.496 e. The summed E-state index contributed by atoms with van der Waals surface area (Å²) in [5.41, 5.74) is -0.406. The van der Waals surface area contributed by atoms with Crippen LogP contribution in [0.1, 0.15) is 25.8 Å². The van der Waals surface area contributed by atoms with Gasteiger partial charge in [0.2, 0.25) is 0 Å². The second-order valence-electron chi connectivity index (χ2n) is 4.77. The molecule has 1 aromatic rings. The van der Waals surface area contributed by atoms with Crippen LogP contribution in [0.2, 0.25) is 0 Å². The summed E-state index contributed by atoms with van der Waals surface area (Å²) in [6.45, 7) is 3.46. The fraction of sp³-hybridized carbons (Fsp3) is 0.429. The number of benzene rings is 1. The molecule has 2 amide bonds. The third-order valence-corrected chi connectivity index (χ3v) is 3.86. The highest BCUT2D eigenvalue weighted by Gasteiger charge is 2.32. The number of halogens is 1. The Bertz CT molecular complexity index is 536. The number of carbonyl (C=O) groups excluding carboxylic acids is 1. The SMILES string of the molecule is CCC(C)(NC(=O)NCc1ccc(OC)c(Br)c1)C(=O)O. The van der Waals surface area contributed by atoms with Crippen LogP contribution in [0, 0.1) is 0 Å². The van der Waals surface area contributed by atoms with Crippen LogP contribution in [0.5, 0.6) is 5.75 Å². The van der Waals surface area contributed by atoms with Gasteiger partial charge in [0.25, 0.3) is 0 Å². The Labute approximate surface area is 132 Å². The van der Waals surface area contributed by atoms with Gasteiger partial charge in [0.1, 0.15) is 11.3 Å². The van der Waals surface area contributed by atoms with Gasteiger partial charge in [0.05, 0.1) is 11.6 Å². The van der Waals surface area contributed by atoms with E-state index in [9.17, 15) is 9.59 Å². The first-order valence-corrected chi connectivity index (χ1v) is 7.23. The van der Waals surface area contributed by atoms with Gasteiger partial charge in [0.15, 0.2) is 0 Å². The summed E-state index contributed by atoms with van der Waals surface area (Å²) in [6.07, 6.45) is 0.295. The lowest BCUT2D eigenvalue weighted by Crippen LogP contribution is -2.54. The third kappa shape index (κ3) is 4.63. The maximum Gasteiger partial charge on any atom is 0.329 e. The Morgan fingerprint density at radius 2 is 2.10 bits per heavy atom. The van der Waals surface area contributed by atoms with E-state index in [0.29, 0.717) is 12.2 Å². The monoisotopic (exact) mass is 358 g/mol. The van der Waals surface area contributed by atoms with Crippen molar-refractivity contribution in [1.29, 1.82) is 0 Å². The van der Waals surface area contributed by atoms with E-state index in [-0.39, 0.29) is 6.54 Å². The molecule has 0 saturated heterocycles. The first-order chi connectivity index (χ1) is 9.82. The molecular formula is C14H19BrN2O4. The molecular weight excluding hydrogens is 340 g/mol. The van der Waals surface area contributed by atoms with E-state index in [1.54, 1.807) is 20.1 Å². The average Bonchev–Trinajstić information content (AvgIpc) is 2.44. The molecule has 1 unspecified atom stereocenters. The van der Waals surface area contributed by atoms with Crippen LogP contribution in [0.25, 0.3) is 0 Å². The average molecular weight is 359 g/mol. The number of carboxylic acid groups (broad SMARTS) is 1. The molecule has 0 heterocycles. The van der Waals surface area contributed by atoms with Gasteiger partial charge in [-0.05, 0) is 47.0 Å². The molecule has 0 saturated carbocycles. The van der Waals surface area contributed by atoms with Gasteiger partial charge in [-0.1, -0.05) is 13.0 Å². The highest BCUT2D eigenvalue weighted by molar-refractivity contribution is 9.10. The van der Waals surface area contributed by atoms with Crippen LogP contribution in [0.3, 0.4) is 0 Å². The number of carbonyl (C=O) groups is 2. The van der Waals surface area contributed by atoms with Gasteiger partial charge in [-0.3, -0.25) is 0 Å². The van der Waals surface area contributed by atoms with Crippen LogP contribution in [0.4, 0.5) is 4.79 Å². The predicted molar refractivity (Wildman–Crippen MR) is 82.4 cm³/mol. The van der Waals surface area contributed by atoms with E-state index in [2.05, 4.69) is 26.6 Å². The van der Waals surface area contributed by atoms with Crippen molar-refractivity contribution in [3.63, 3.8) is 0 Å². The molecule has 116 valence electrons. The summed E-state index contributed by atoms with van der Waals surface area (Å²) in [5.74, 6) is -0.361. The Morgan fingerprint density at radius 3 is 2.57 bits per heavy atom. The summed E-state index contributed by atoms with van der Waals surface area (Å²) < 4.78 is 5.91. The van der Waals surface area contributed by atoms with Gasteiger partial charge in [-0.25, -0.2) is 9.59 Å². The Hall–Kier alpha value is -1.76. The second kappa shape index (κ2) is 7.31. The molecule has 7 heteroatoms. The molecule has 1 rings (SSSR count). The minimum absolute atomic E-state index is 0.286. The maximum atomic E-state index is 11.8. The number of hydrogen-bond donors (Lipinski definition) is 3. The van der Waals surface area contributed by atoms with Crippen molar-refractivity contribution in [2.45, 2.75) is 32.4 Å². The number of ether oxygens (including phenoxy) is 1. The van der Waals surface area contributed by atoms with Crippen molar-refractivity contribution in [1.82, 2.24) is 10.6 Å². The zero-order chi connectivity index (χ0) is 16.0. The normalized spacial score (nSPS) is 13.1. The number of nitrogens with one attached hydrogen (secondary N) is 2. The van der Waals surface area contributed by atoms with Crippen molar-refractivity contribution < 1.29 is 19.4 Å². The largest absolute Gasteiger partial charge is 0.496 e. The minimum atomic E-state index is -1.27. The Morgan fingerprint density at radius 1 is 1.43 bits per heavy atom. The van der Waals surface area contributed by atoms with E-state index in [4.69, 9.17) is 9.84 Å². The zero-order valence-electron chi connectivity index (χ0n) is 12.2. The van der Waals surface area contributed by atoms with E-state index in [1.165, 1.54) is 6.92 Å². The number of urea groups is 1. The number of aliphatic carboxylic acids is 1. The zero-order valence-corrected chi connectivity index (χ0v) is 13.8. The summed E-state index contributed by atoms with van der Waals surface area (Å²) in [4.78, 5) is 22.9. The molecule has 6 nitrogen and oxygen atoms in total. The van der Waals surface area contributed by atoms with Gasteiger partial charge in [-0.2, -0.15) is 0 Å². The van der Waals surface area contributed by atoms with Crippen molar-refractivity contribution in [3.8, 4) is 5.75 Å². The predicted octanol–water partition coefficient (Wildman–Crippen LogP) is 2.51. The van der Waals surface area contributed by atoms with Gasteiger partial charge in [0, 0.05) is 6.54 Å². The molecule has 0 aliphatic carbocycles. The number of methoxy groups -OCH3 is 1. The topological polar surface area (TPSA) is 87.7 Å². The van der Waals surface area contributed by atoms with Crippen molar-refractivity contribution in [2.75, 3.05) is 7.11 Å². The Kier molecular flexibility index (Phi) is 6.02. The van der Waals surface area contributed by atoms with E-state index < -0.39 is 17.5 Å².